The fraction of sp³-hybridized carbons (Fsp3) is 0.346. The van der Waals surface area contributed by atoms with Crippen LogP contribution in [0.1, 0.15) is 34.8 Å². The summed E-state index contributed by atoms with van der Waals surface area (Å²) in [7, 11) is 0. The van der Waals surface area contributed by atoms with Crippen LogP contribution in [-0.4, -0.2) is 64.7 Å². The molecule has 2 heterocycles. The molecule has 7 nitrogen and oxygen atoms in total. The lowest BCUT2D eigenvalue weighted by Crippen LogP contribution is -2.50. The lowest BCUT2D eigenvalue weighted by atomic mass is 10.0. The number of benzene rings is 2. The maximum absolute atomic E-state index is 13.1. The lowest BCUT2D eigenvalue weighted by Gasteiger charge is -2.34. The number of pyridine rings is 1. The van der Waals surface area contributed by atoms with Gasteiger partial charge in [-0.15, -0.1) is 0 Å². The first-order valence-electron chi connectivity index (χ1n) is 11.3. The maximum atomic E-state index is 13.1. The zero-order chi connectivity index (χ0) is 23.5. The summed E-state index contributed by atoms with van der Waals surface area (Å²) < 4.78 is 5.19. The van der Waals surface area contributed by atoms with Gasteiger partial charge in [0.1, 0.15) is 5.75 Å². The van der Waals surface area contributed by atoms with Crippen molar-refractivity contribution in [2.24, 2.45) is 0 Å². The van der Waals surface area contributed by atoms with Crippen LogP contribution >= 0.6 is 0 Å². The third kappa shape index (κ3) is 4.77. The third-order valence-electron chi connectivity index (χ3n) is 6.01. The highest BCUT2D eigenvalue weighted by Crippen LogP contribution is 2.28. The topological polar surface area (TPSA) is 83.0 Å². The van der Waals surface area contributed by atoms with E-state index in [1.54, 1.807) is 15.9 Å². The van der Waals surface area contributed by atoms with Crippen LogP contribution in [0.15, 0.2) is 42.5 Å². The number of hydrogen-bond donors (Lipinski definition) is 1. The van der Waals surface area contributed by atoms with Gasteiger partial charge in [0.15, 0.2) is 0 Å². The molecule has 1 N–H and O–H groups in total. The smallest absolute Gasteiger partial charge is 0.409 e. The molecule has 1 fully saturated rings. The first kappa shape index (κ1) is 22.6. The van der Waals surface area contributed by atoms with E-state index in [9.17, 15) is 14.7 Å². The summed E-state index contributed by atoms with van der Waals surface area (Å²) in [5.74, 6) is 0.187. The van der Waals surface area contributed by atoms with Gasteiger partial charge in [-0.1, -0.05) is 13.0 Å². The average Bonchev–Trinajstić information content (AvgIpc) is 2.83. The molecule has 3 aromatic rings. The highest BCUT2D eigenvalue weighted by molar-refractivity contribution is 5.98. The van der Waals surface area contributed by atoms with E-state index in [0.717, 1.165) is 39.7 Å². The monoisotopic (exact) mass is 447 g/mol. The number of amides is 2. The minimum absolute atomic E-state index is 0.0659. The van der Waals surface area contributed by atoms with Crippen LogP contribution in [0.2, 0.25) is 0 Å². The average molecular weight is 448 g/mol. The van der Waals surface area contributed by atoms with E-state index in [4.69, 9.17) is 9.72 Å². The number of phenols is 1. The molecule has 33 heavy (non-hydrogen) atoms. The molecule has 1 aliphatic rings. The molecule has 0 radical (unpaired) electrons. The largest absolute Gasteiger partial charge is 0.508 e. The van der Waals surface area contributed by atoms with E-state index in [-0.39, 0.29) is 17.7 Å². The number of piperazine rings is 1. The third-order valence-corrected chi connectivity index (χ3v) is 6.01. The van der Waals surface area contributed by atoms with E-state index in [1.807, 2.05) is 57.2 Å². The summed E-state index contributed by atoms with van der Waals surface area (Å²) in [5, 5.41) is 10.8. The summed E-state index contributed by atoms with van der Waals surface area (Å²) in [4.78, 5) is 33.4. The van der Waals surface area contributed by atoms with E-state index < -0.39 is 0 Å². The first-order valence-corrected chi connectivity index (χ1v) is 11.3. The van der Waals surface area contributed by atoms with Crippen molar-refractivity contribution in [3.05, 3.63) is 59.2 Å². The van der Waals surface area contributed by atoms with Crippen molar-refractivity contribution in [3.8, 4) is 17.0 Å². The number of aryl methyl sites for hydroxylation is 2. The van der Waals surface area contributed by atoms with Crippen LogP contribution in [0.3, 0.4) is 0 Å². The van der Waals surface area contributed by atoms with Crippen molar-refractivity contribution in [1.82, 2.24) is 14.8 Å². The fourth-order valence-electron chi connectivity index (χ4n) is 4.05. The number of phenolic OH excluding ortho intramolecular Hbond substituents is 1. The van der Waals surface area contributed by atoms with Crippen molar-refractivity contribution in [1.29, 1.82) is 0 Å². The Balaban J connectivity index is 1.54. The van der Waals surface area contributed by atoms with Gasteiger partial charge in [-0.3, -0.25) is 4.79 Å². The van der Waals surface area contributed by atoms with Gasteiger partial charge in [-0.25, -0.2) is 9.78 Å². The standard InChI is InChI=1S/C26H29N3O4/c1-4-13-33-26(32)29-11-9-28(10-12-29)25(31)20-5-7-21-17(2)15-22(27-23(21)16-20)19-6-8-24(30)18(3)14-19/h5-8,14-16,30H,4,9-13H2,1-3H3. The molecule has 1 aliphatic heterocycles. The Kier molecular flexibility index (Phi) is 6.49. The number of fused-ring (bicyclic) bond motifs is 1. The summed E-state index contributed by atoms with van der Waals surface area (Å²) in [6.07, 6.45) is 0.472. The minimum Gasteiger partial charge on any atom is -0.508 e. The fourth-order valence-corrected chi connectivity index (χ4v) is 4.05. The normalized spacial score (nSPS) is 13.9. The number of hydrogen-bond acceptors (Lipinski definition) is 5. The lowest BCUT2D eigenvalue weighted by molar-refractivity contribution is 0.0560. The number of carbonyl (C=O) groups is 2. The molecular weight excluding hydrogens is 418 g/mol. The molecule has 1 saturated heterocycles. The summed E-state index contributed by atoms with van der Waals surface area (Å²) in [6, 6.07) is 13.1. The molecule has 0 unspecified atom stereocenters. The van der Waals surface area contributed by atoms with Crippen LogP contribution < -0.4 is 0 Å². The van der Waals surface area contributed by atoms with Gasteiger partial charge in [-0.05, 0) is 67.8 Å². The summed E-state index contributed by atoms with van der Waals surface area (Å²) in [6.45, 7) is 8.11. The molecule has 2 aromatic carbocycles. The molecule has 7 heteroatoms. The molecule has 0 aliphatic carbocycles. The van der Waals surface area contributed by atoms with E-state index in [0.29, 0.717) is 38.3 Å². The van der Waals surface area contributed by atoms with E-state index in [1.165, 1.54) is 0 Å². The molecule has 0 atom stereocenters. The molecule has 172 valence electrons. The van der Waals surface area contributed by atoms with Crippen LogP contribution in [-0.2, 0) is 4.74 Å². The summed E-state index contributed by atoms with van der Waals surface area (Å²) in [5.41, 5.74) is 4.90. The molecule has 1 aromatic heterocycles. The Morgan fingerprint density at radius 2 is 1.70 bits per heavy atom. The van der Waals surface area contributed by atoms with Crippen molar-refractivity contribution >= 4 is 22.9 Å². The predicted molar refractivity (Wildman–Crippen MR) is 127 cm³/mol. The van der Waals surface area contributed by atoms with E-state index >= 15 is 0 Å². The zero-order valence-corrected chi connectivity index (χ0v) is 19.3. The number of aromatic hydroxyl groups is 1. The summed E-state index contributed by atoms with van der Waals surface area (Å²) >= 11 is 0. The second-order valence-corrected chi connectivity index (χ2v) is 8.45. The Bertz CT molecular complexity index is 1200. The van der Waals surface area contributed by atoms with Gasteiger partial charge in [0.2, 0.25) is 0 Å². The van der Waals surface area contributed by atoms with Crippen molar-refractivity contribution in [2.45, 2.75) is 27.2 Å². The quantitative estimate of drug-likeness (QED) is 0.635. The molecule has 4 rings (SSSR count). The maximum Gasteiger partial charge on any atom is 0.409 e. The van der Waals surface area contributed by atoms with Gasteiger partial charge < -0.3 is 19.6 Å². The van der Waals surface area contributed by atoms with Crippen molar-refractivity contribution in [2.75, 3.05) is 32.8 Å². The van der Waals surface area contributed by atoms with Gasteiger partial charge >= 0.3 is 6.09 Å². The Labute approximate surface area is 193 Å². The second kappa shape index (κ2) is 9.48. The minimum atomic E-state index is -0.314. The van der Waals surface area contributed by atoms with Crippen molar-refractivity contribution in [3.63, 3.8) is 0 Å². The van der Waals surface area contributed by atoms with Crippen LogP contribution in [0.4, 0.5) is 4.79 Å². The van der Waals surface area contributed by atoms with E-state index in [2.05, 4.69) is 0 Å². The number of ether oxygens (including phenoxy) is 1. The number of rotatable bonds is 4. The van der Waals surface area contributed by atoms with Crippen LogP contribution in [0.25, 0.3) is 22.2 Å². The van der Waals surface area contributed by atoms with Crippen LogP contribution in [0.5, 0.6) is 5.75 Å². The molecule has 0 saturated carbocycles. The molecule has 0 spiro atoms. The predicted octanol–water partition coefficient (Wildman–Crippen LogP) is 4.53. The number of nitrogens with zero attached hydrogens (tertiary/aromatic N) is 3. The van der Waals surface area contributed by atoms with Crippen LogP contribution in [0, 0.1) is 13.8 Å². The Morgan fingerprint density at radius 3 is 2.39 bits per heavy atom. The second-order valence-electron chi connectivity index (χ2n) is 8.45. The first-order chi connectivity index (χ1) is 15.9. The molecular formula is C26H29N3O4. The van der Waals surface area contributed by atoms with Gasteiger partial charge in [-0.2, -0.15) is 0 Å². The highest BCUT2D eigenvalue weighted by atomic mass is 16.6. The van der Waals surface area contributed by atoms with Gasteiger partial charge in [0.05, 0.1) is 17.8 Å². The Hall–Kier alpha value is -3.61. The Morgan fingerprint density at radius 1 is 0.970 bits per heavy atom. The SMILES string of the molecule is CCCOC(=O)N1CCN(C(=O)c2ccc3c(C)cc(-c4ccc(O)c(C)c4)nc3c2)CC1. The number of aromatic nitrogens is 1. The van der Waals surface area contributed by atoms with Gasteiger partial charge in [0, 0.05) is 42.7 Å². The molecule has 0 bridgehead atoms. The highest BCUT2D eigenvalue weighted by Gasteiger charge is 2.26. The van der Waals surface area contributed by atoms with Crippen molar-refractivity contribution < 1.29 is 19.4 Å². The zero-order valence-electron chi connectivity index (χ0n) is 19.3. The molecule has 2 amide bonds. The number of carbonyl (C=O) groups excluding carboxylic acids is 2. The van der Waals surface area contributed by atoms with Gasteiger partial charge in [0.25, 0.3) is 5.91 Å².